The zero-order valence-electron chi connectivity index (χ0n) is 11.2. The summed E-state index contributed by atoms with van der Waals surface area (Å²) in [4.78, 5) is 26.6. The van der Waals surface area contributed by atoms with Gasteiger partial charge in [0.2, 0.25) is 0 Å². The molecular weight excluding hydrogens is 218 g/mol. The lowest BCUT2D eigenvalue weighted by Gasteiger charge is -2.33. The minimum Gasteiger partial charge on any atom is -0.333 e. The number of nitrogens with zero attached hydrogens (tertiary/aromatic N) is 2. The first-order chi connectivity index (χ1) is 7.85. The fraction of sp³-hybridized carbons (Fsp3) is 0.833. The predicted molar refractivity (Wildman–Crippen MR) is 66.6 cm³/mol. The molecule has 1 aliphatic rings. The monoisotopic (exact) mass is 241 g/mol. The lowest BCUT2D eigenvalue weighted by molar-refractivity contribution is -0.155. The molecule has 1 fully saturated rings. The highest BCUT2D eigenvalue weighted by atomic mass is 16.2. The van der Waals surface area contributed by atoms with E-state index in [9.17, 15) is 9.59 Å². The van der Waals surface area contributed by atoms with Crippen LogP contribution in [-0.2, 0) is 9.59 Å². The van der Waals surface area contributed by atoms with Crippen LogP contribution in [0.15, 0.2) is 0 Å². The van der Waals surface area contributed by atoms with Gasteiger partial charge in [-0.3, -0.25) is 9.59 Å². The second-order valence-electron chi connectivity index (χ2n) is 5.35. The maximum Gasteiger partial charge on any atom is 0.312 e. The Labute approximate surface area is 103 Å². The minimum absolute atomic E-state index is 0.0400. The molecule has 0 unspecified atom stereocenters. The van der Waals surface area contributed by atoms with Crippen LogP contribution < -0.4 is 5.32 Å². The van der Waals surface area contributed by atoms with Crippen LogP contribution in [0.25, 0.3) is 0 Å². The molecule has 0 aliphatic carbocycles. The Morgan fingerprint density at radius 1 is 1.12 bits per heavy atom. The minimum atomic E-state index is -0.367. The Morgan fingerprint density at radius 2 is 1.65 bits per heavy atom. The van der Waals surface area contributed by atoms with Crippen molar-refractivity contribution in [3.05, 3.63) is 0 Å². The molecule has 98 valence electrons. The Hall–Kier alpha value is -1.10. The molecule has 0 atom stereocenters. The number of amides is 2. The third kappa shape index (κ3) is 4.00. The van der Waals surface area contributed by atoms with Crippen molar-refractivity contribution in [3.63, 3.8) is 0 Å². The normalized spacial score (nSPS) is 17.9. The third-order valence-electron chi connectivity index (χ3n) is 2.82. The van der Waals surface area contributed by atoms with Gasteiger partial charge in [-0.1, -0.05) is 0 Å². The molecule has 1 aliphatic heterocycles. The molecule has 0 aromatic carbocycles. The molecule has 0 spiro atoms. The van der Waals surface area contributed by atoms with Gasteiger partial charge in [0.1, 0.15) is 0 Å². The zero-order chi connectivity index (χ0) is 13.1. The van der Waals surface area contributed by atoms with Gasteiger partial charge in [0, 0.05) is 38.3 Å². The Morgan fingerprint density at radius 3 is 2.18 bits per heavy atom. The van der Waals surface area contributed by atoms with Gasteiger partial charge < -0.3 is 15.1 Å². The SMILES string of the molecule is CCN1CCN(CCNC(C)(C)C)C(=O)C1=O. The summed E-state index contributed by atoms with van der Waals surface area (Å²) in [5.74, 6) is -0.733. The van der Waals surface area contributed by atoms with Crippen molar-refractivity contribution in [2.75, 3.05) is 32.7 Å². The summed E-state index contributed by atoms with van der Waals surface area (Å²) in [6.07, 6.45) is 0. The molecule has 0 saturated carbocycles. The van der Waals surface area contributed by atoms with E-state index in [1.54, 1.807) is 9.80 Å². The molecule has 1 N–H and O–H groups in total. The Kier molecular flexibility index (Phi) is 4.51. The van der Waals surface area contributed by atoms with E-state index in [0.29, 0.717) is 32.7 Å². The summed E-state index contributed by atoms with van der Waals surface area (Å²) in [6, 6.07) is 0. The van der Waals surface area contributed by atoms with Crippen LogP contribution in [0.2, 0.25) is 0 Å². The van der Waals surface area contributed by atoms with Crippen LogP contribution >= 0.6 is 0 Å². The summed E-state index contributed by atoms with van der Waals surface area (Å²) in [7, 11) is 0. The largest absolute Gasteiger partial charge is 0.333 e. The molecule has 5 heteroatoms. The van der Waals surface area contributed by atoms with E-state index < -0.39 is 0 Å². The van der Waals surface area contributed by atoms with Crippen molar-refractivity contribution < 1.29 is 9.59 Å². The highest BCUT2D eigenvalue weighted by Crippen LogP contribution is 2.04. The summed E-state index contributed by atoms with van der Waals surface area (Å²) in [5, 5.41) is 3.31. The number of piperazine rings is 1. The fourth-order valence-electron chi connectivity index (χ4n) is 1.80. The second kappa shape index (κ2) is 5.49. The summed E-state index contributed by atoms with van der Waals surface area (Å²) in [5.41, 5.74) is 0.0400. The van der Waals surface area contributed by atoms with Crippen LogP contribution in [0.5, 0.6) is 0 Å². The van der Waals surface area contributed by atoms with Crippen molar-refractivity contribution >= 4 is 11.8 Å². The van der Waals surface area contributed by atoms with Crippen LogP contribution in [-0.4, -0.2) is 59.9 Å². The quantitative estimate of drug-likeness (QED) is 0.708. The smallest absolute Gasteiger partial charge is 0.312 e. The van der Waals surface area contributed by atoms with Crippen LogP contribution in [0.3, 0.4) is 0 Å². The Balaban J connectivity index is 2.41. The predicted octanol–water partition coefficient (Wildman–Crippen LogP) is 0.0652. The van der Waals surface area contributed by atoms with Gasteiger partial charge in [0.25, 0.3) is 0 Å². The van der Waals surface area contributed by atoms with Crippen LogP contribution in [0, 0.1) is 0 Å². The molecule has 1 saturated heterocycles. The number of carbonyl (C=O) groups excluding carboxylic acids is 2. The van der Waals surface area contributed by atoms with E-state index >= 15 is 0 Å². The maximum absolute atomic E-state index is 11.8. The average molecular weight is 241 g/mol. The molecular formula is C12H23N3O2. The summed E-state index contributed by atoms with van der Waals surface area (Å²) < 4.78 is 0. The van der Waals surface area contributed by atoms with Gasteiger partial charge in [-0.15, -0.1) is 0 Å². The molecule has 1 rings (SSSR count). The number of carbonyl (C=O) groups is 2. The first-order valence-corrected chi connectivity index (χ1v) is 6.18. The van der Waals surface area contributed by atoms with E-state index in [0.717, 1.165) is 0 Å². The van der Waals surface area contributed by atoms with Crippen molar-refractivity contribution in [1.29, 1.82) is 0 Å². The maximum atomic E-state index is 11.8. The number of hydrogen-bond donors (Lipinski definition) is 1. The lowest BCUT2D eigenvalue weighted by atomic mass is 10.1. The number of rotatable bonds is 4. The highest BCUT2D eigenvalue weighted by Gasteiger charge is 2.31. The summed E-state index contributed by atoms with van der Waals surface area (Å²) >= 11 is 0. The molecule has 5 nitrogen and oxygen atoms in total. The van der Waals surface area contributed by atoms with Gasteiger partial charge in [0.15, 0.2) is 0 Å². The van der Waals surface area contributed by atoms with Crippen molar-refractivity contribution in [2.45, 2.75) is 33.2 Å². The first kappa shape index (κ1) is 14.0. The first-order valence-electron chi connectivity index (χ1n) is 6.18. The molecule has 0 bridgehead atoms. The molecule has 1 heterocycles. The Bertz CT molecular complexity index is 297. The molecule has 2 amide bonds. The van der Waals surface area contributed by atoms with Crippen molar-refractivity contribution in [3.8, 4) is 0 Å². The second-order valence-corrected chi connectivity index (χ2v) is 5.35. The molecule has 0 aromatic rings. The summed E-state index contributed by atoms with van der Waals surface area (Å²) in [6.45, 7) is 11.3. The average Bonchev–Trinajstić information content (AvgIpc) is 2.23. The molecule has 17 heavy (non-hydrogen) atoms. The van der Waals surface area contributed by atoms with E-state index in [4.69, 9.17) is 0 Å². The zero-order valence-corrected chi connectivity index (χ0v) is 11.2. The van der Waals surface area contributed by atoms with Gasteiger partial charge in [-0.25, -0.2) is 0 Å². The standard InChI is InChI=1S/C12H23N3O2/c1-5-14-8-9-15(11(17)10(14)16)7-6-13-12(2,3)4/h13H,5-9H2,1-4H3. The fourth-order valence-corrected chi connectivity index (χ4v) is 1.80. The molecule has 0 aromatic heterocycles. The number of nitrogens with one attached hydrogen (secondary N) is 1. The van der Waals surface area contributed by atoms with Gasteiger partial charge in [-0.05, 0) is 27.7 Å². The van der Waals surface area contributed by atoms with Gasteiger partial charge in [0.05, 0.1) is 0 Å². The van der Waals surface area contributed by atoms with E-state index in [1.165, 1.54) is 0 Å². The molecule has 0 radical (unpaired) electrons. The van der Waals surface area contributed by atoms with Gasteiger partial charge >= 0.3 is 11.8 Å². The topological polar surface area (TPSA) is 52.6 Å². The van der Waals surface area contributed by atoms with E-state index in [2.05, 4.69) is 26.1 Å². The van der Waals surface area contributed by atoms with Gasteiger partial charge in [-0.2, -0.15) is 0 Å². The number of hydrogen-bond acceptors (Lipinski definition) is 3. The number of likely N-dealkylation sites (N-methyl/N-ethyl adjacent to an activating group) is 1. The van der Waals surface area contributed by atoms with Crippen molar-refractivity contribution in [2.24, 2.45) is 0 Å². The van der Waals surface area contributed by atoms with Crippen LogP contribution in [0.1, 0.15) is 27.7 Å². The lowest BCUT2D eigenvalue weighted by Crippen LogP contribution is -2.55. The van der Waals surface area contributed by atoms with Crippen LogP contribution in [0.4, 0.5) is 0 Å². The van der Waals surface area contributed by atoms with E-state index in [-0.39, 0.29) is 17.4 Å². The highest BCUT2D eigenvalue weighted by molar-refractivity contribution is 6.35. The van der Waals surface area contributed by atoms with E-state index in [1.807, 2.05) is 6.92 Å². The third-order valence-corrected chi connectivity index (χ3v) is 2.82. The van der Waals surface area contributed by atoms with Crippen molar-refractivity contribution in [1.82, 2.24) is 15.1 Å².